The first-order chi connectivity index (χ1) is 8.31. The van der Waals surface area contributed by atoms with Crippen molar-refractivity contribution in [3.05, 3.63) is 35.6 Å². The molecular formula is C14H21NO3. The number of nitrogens with zero attached hydrogens (tertiary/aromatic N) is 1. The van der Waals surface area contributed by atoms with Gasteiger partial charge in [0, 0.05) is 19.8 Å². The number of carbonyl (C=O) groups excluding carboxylic acids is 2. The Balaban J connectivity index is 5.31. The molecule has 0 aliphatic rings. The normalized spacial score (nSPS) is 12.1. The van der Waals surface area contributed by atoms with Crippen LogP contribution in [0.15, 0.2) is 35.6 Å². The Morgan fingerprint density at radius 2 is 1.78 bits per heavy atom. The number of esters is 1. The number of rotatable bonds is 6. The van der Waals surface area contributed by atoms with Gasteiger partial charge in [-0.25, -0.2) is 4.79 Å². The third-order valence-corrected chi connectivity index (χ3v) is 2.20. The molecule has 0 aromatic heterocycles. The number of ketones is 1. The van der Waals surface area contributed by atoms with Crippen LogP contribution in [0.3, 0.4) is 0 Å². The summed E-state index contributed by atoms with van der Waals surface area (Å²) in [5, 5.41) is 0. The van der Waals surface area contributed by atoms with Gasteiger partial charge in [-0.2, -0.15) is 0 Å². The van der Waals surface area contributed by atoms with Crippen LogP contribution in [0.5, 0.6) is 0 Å². The SMILES string of the molecule is C=C(C)/C(=C/C=C(/C(C)=O)C(=O)OCC)N(C)C. The zero-order valence-corrected chi connectivity index (χ0v) is 11.7. The maximum atomic E-state index is 11.6. The molecule has 0 unspecified atom stereocenters. The summed E-state index contributed by atoms with van der Waals surface area (Å²) >= 11 is 0. The molecule has 0 aliphatic carbocycles. The van der Waals surface area contributed by atoms with Crippen LogP contribution in [0.25, 0.3) is 0 Å². The third-order valence-electron chi connectivity index (χ3n) is 2.20. The van der Waals surface area contributed by atoms with Gasteiger partial charge in [-0.1, -0.05) is 6.58 Å². The Labute approximate surface area is 109 Å². The first-order valence-electron chi connectivity index (χ1n) is 5.74. The highest BCUT2D eigenvalue weighted by Crippen LogP contribution is 2.11. The Morgan fingerprint density at radius 3 is 2.11 bits per heavy atom. The van der Waals surface area contributed by atoms with E-state index in [2.05, 4.69) is 6.58 Å². The van der Waals surface area contributed by atoms with E-state index in [-0.39, 0.29) is 18.0 Å². The van der Waals surface area contributed by atoms with Gasteiger partial charge in [-0.3, -0.25) is 4.79 Å². The van der Waals surface area contributed by atoms with Crippen molar-refractivity contribution >= 4 is 11.8 Å². The molecule has 0 saturated heterocycles. The molecule has 0 rings (SSSR count). The monoisotopic (exact) mass is 251 g/mol. The maximum absolute atomic E-state index is 11.6. The average molecular weight is 251 g/mol. The molecule has 0 fully saturated rings. The van der Waals surface area contributed by atoms with E-state index < -0.39 is 5.97 Å². The van der Waals surface area contributed by atoms with Crippen molar-refractivity contribution in [1.82, 2.24) is 4.90 Å². The van der Waals surface area contributed by atoms with Crippen molar-refractivity contribution in [2.45, 2.75) is 20.8 Å². The van der Waals surface area contributed by atoms with Crippen LogP contribution in [0.4, 0.5) is 0 Å². The summed E-state index contributed by atoms with van der Waals surface area (Å²) in [4.78, 5) is 24.8. The number of allylic oxidation sites excluding steroid dienone is 3. The number of ether oxygens (including phenoxy) is 1. The molecule has 0 aliphatic heterocycles. The molecule has 0 saturated carbocycles. The highest BCUT2D eigenvalue weighted by Gasteiger charge is 2.14. The summed E-state index contributed by atoms with van der Waals surface area (Å²) in [6.07, 6.45) is 3.17. The Morgan fingerprint density at radius 1 is 1.22 bits per heavy atom. The van der Waals surface area contributed by atoms with Crippen LogP contribution in [0.1, 0.15) is 20.8 Å². The molecule has 0 amide bonds. The van der Waals surface area contributed by atoms with E-state index in [4.69, 9.17) is 4.74 Å². The summed E-state index contributed by atoms with van der Waals surface area (Å²) in [6, 6.07) is 0. The van der Waals surface area contributed by atoms with Crippen LogP contribution in [-0.4, -0.2) is 37.4 Å². The number of carbonyl (C=O) groups is 2. The molecule has 18 heavy (non-hydrogen) atoms. The molecule has 0 spiro atoms. The molecule has 4 nitrogen and oxygen atoms in total. The lowest BCUT2D eigenvalue weighted by atomic mass is 10.1. The third kappa shape index (κ3) is 4.99. The Kier molecular flexibility index (Phi) is 6.71. The fourth-order valence-electron chi connectivity index (χ4n) is 1.37. The summed E-state index contributed by atoms with van der Waals surface area (Å²) in [5.74, 6) is -0.911. The van der Waals surface area contributed by atoms with E-state index in [9.17, 15) is 9.59 Å². The maximum Gasteiger partial charge on any atom is 0.341 e. The van der Waals surface area contributed by atoms with Crippen molar-refractivity contribution in [1.29, 1.82) is 0 Å². The van der Waals surface area contributed by atoms with Crippen LogP contribution in [0.2, 0.25) is 0 Å². The van der Waals surface area contributed by atoms with Crippen LogP contribution >= 0.6 is 0 Å². The minimum atomic E-state index is -0.596. The van der Waals surface area contributed by atoms with Gasteiger partial charge < -0.3 is 9.64 Å². The smallest absolute Gasteiger partial charge is 0.341 e. The quantitative estimate of drug-likeness (QED) is 0.238. The van der Waals surface area contributed by atoms with Crippen molar-refractivity contribution in [2.24, 2.45) is 0 Å². The number of Topliss-reactive ketones (excluding diaryl/α,β-unsaturated/α-hetero) is 1. The van der Waals surface area contributed by atoms with Gasteiger partial charge >= 0.3 is 5.97 Å². The molecule has 4 heteroatoms. The first-order valence-corrected chi connectivity index (χ1v) is 5.74. The number of likely N-dealkylation sites (N-methyl/N-ethyl adjacent to an activating group) is 1. The van der Waals surface area contributed by atoms with E-state index in [1.165, 1.54) is 13.0 Å². The van der Waals surface area contributed by atoms with Crippen LogP contribution in [-0.2, 0) is 14.3 Å². The molecule has 100 valence electrons. The standard InChI is InChI=1S/C14H21NO3/c1-7-18-14(17)12(11(4)16)8-9-13(10(2)3)15(5)6/h8-9H,2,7H2,1,3-6H3/b12-8-,13-9-. The van der Waals surface area contributed by atoms with E-state index in [1.807, 2.05) is 25.9 Å². The lowest BCUT2D eigenvalue weighted by Crippen LogP contribution is -2.14. The fourth-order valence-corrected chi connectivity index (χ4v) is 1.37. The van der Waals surface area contributed by atoms with Crippen molar-refractivity contribution < 1.29 is 14.3 Å². The number of hydrogen-bond donors (Lipinski definition) is 0. The predicted molar refractivity (Wildman–Crippen MR) is 72.0 cm³/mol. The molecule has 0 bridgehead atoms. The zero-order chi connectivity index (χ0) is 14.3. The largest absolute Gasteiger partial charge is 0.462 e. The molecule has 0 N–H and O–H groups in total. The second-order valence-electron chi connectivity index (χ2n) is 4.08. The first kappa shape index (κ1) is 16.2. The highest BCUT2D eigenvalue weighted by atomic mass is 16.5. The Hall–Kier alpha value is -1.84. The average Bonchev–Trinajstić information content (AvgIpc) is 2.22. The van der Waals surface area contributed by atoms with E-state index >= 15 is 0 Å². The summed E-state index contributed by atoms with van der Waals surface area (Å²) in [6.45, 7) is 8.98. The van der Waals surface area contributed by atoms with Crippen LogP contribution in [0, 0.1) is 0 Å². The van der Waals surface area contributed by atoms with Gasteiger partial charge in [0.05, 0.1) is 6.61 Å². The van der Waals surface area contributed by atoms with Gasteiger partial charge in [-0.05, 0) is 38.5 Å². The van der Waals surface area contributed by atoms with Gasteiger partial charge in [0.1, 0.15) is 5.57 Å². The fraction of sp³-hybridized carbons (Fsp3) is 0.429. The van der Waals surface area contributed by atoms with Gasteiger partial charge in [0.25, 0.3) is 0 Å². The summed E-state index contributed by atoms with van der Waals surface area (Å²) in [5.41, 5.74) is 1.73. The minimum Gasteiger partial charge on any atom is -0.462 e. The molecule has 0 aromatic carbocycles. The zero-order valence-electron chi connectivity index (χ0n) is 11.7. The predicted octanol–water partition coefficient (Wildman–Crippen LogP) is 2.09. The lowest BCUT2D eigenvalue weighted by Gasteiger charge is -2.16. The molecule has 0 aromatic rings. The molecular weight excluding hydrogens is 230 g/mol. The van der Waals surface area contributed by atoms with Gasteiger partial charge in [0.15, 0.2) is 5.78 Å². The van der Waals surface area contributed by atoms with Gasteiger partial charge in [-0.15, -0.1) is 0 Å². The summed E-state index contributed by atoms with van der Waals surface area (Å²) < 4.78 is 4.83. The molecule has 0 atom stereocenters. The van der Waals surface area contributed by atoms with E-state index in [0.29, 0.717) is 0 Å². The number of hydrogen-bond acceptors (Lipinski definition) is 4. The molecule has 0 radical (unpaired) electrons. The lowest BCUT2D eigenvalue weighted by molar-refractivity contribution is -0.139. The Bertz CT molecular complexity index is 403. The minimum absolute atomic E-state index is 0.0393. The second-order valence-corrected chi connectivity index (χ2v) is 4.08. The molecule has 0 heterocycles. The van der Waals surface area contributed by atoms with Crippen molar-refractivity contribution in [3.63, 3.8) is 0 Å². The second kappa shape index (κ2) is 7.48. The van der Waals surface area contributed by atoms with E-state index in [0.717, 1.165) is 11.3 Å². The van der Waals surface area contributed by atoms with Gasteiger partial charge in [0.2, 0.25) is 0 Å². The highest BCUT2D eigenvalue weighted by molar-refractivity contribution is 6.16. The van der Waals surface area contributed by atoms with Crippen LogP contribution < -0.4 is 0 Å². The van der Waals surface area contributed by atoms with E-state index in [1.54, 1.807) is 13.0 Å². The van der Waals surface area contributed by atoms with Crippen molar-refractivity contribution in [3.8, 4) is 0 Å². The summed E-state index contributed by atoms with van der Waals surface area (Å²) in [7, 11) is 3.73. The van der Waals surface area contributed by atoms with Crippen molar-refractivity contribution in [2.75, 3.05) is 20.7 Å². The topological polar surface area (TPSA) is 46.6 Å².